The van der Waals surface area contributed by atoms with E-state index < -0.39 is 10.0 Å². The zero-order valence-electron chi connectivity index (χ0n) is 12.9. The molecule has 1 heterocycles. The van der Waals surface area contributed by atoms with Gasteiger partial charge in [-0.05, 0) is 36.9 Å². The summed E-state index contributed by atoms with van der Waals surface area (Å²) in [5.41, 5.74) is 1.02. The predicted octanol–water partition coefficient (Wildman–Crippen LogP) is 1.80. The summed E-state index contributed by atoms with van der Waals surface area (Å²) in [5.74, 6) is 0. The zero-order valence-corrected chi connectivity index (χ0v) is 15.3. The number of benzene rings is 1. The van der Waals surface area contributed by atoms with E-state index in [0.717, 1.165) is 10.4 Å². The molecule has 0 saturated heterocycles. The average Bonchev–Trinajstić information content (AvgIpc) is 2.83. The van der Waals surface area contributed by atoms with Gasteiger partial charge in [-0.2, -0.15) is 0 Å². The molecular formula is C15H17ClLiNO2S2. The maximum Gasteiger partial charge on any atom is 1.00 e. The van der Waals surface area contributed by atoms with Crippen molar-refractivity contribution in [3.63, 3.8) is 0 Å². The van der Waals surface area contributed by atoms with Crippen molar-refractivity contribution >= 4 is 33.0 Å². The number of nitrogens with zero attached hydrogens (tertiary/aromatic N) is 1. The predicted molar refractivity (Wildman–Crippen MR) is 88.8 cm³/mol. The van der Waals surface area contributed by atoms with Crippen LogP contribution in [0.5, 0.6) is 0 Å². The van der Waals surface area contributed by atoms with Gasteiger partial charge < -0.3 is 4.72 Å². The third kappa shape index (κ3) is 5.12. The van der Waals surface area contributed by atoms with E-state index in [9.17, 15) is 8.42 Å². The Bertz CT molecular complexity index is 699. The van der Waals surface area contributed by atoms with Gasteiger partial charge in [0.1, 0.15) is 10.0 Å². The molecule has 1 unspecified atom stereocenters. The summed E-state index contributed by atoms with van der Waals surface area (Å²) in [6, 6.07) is 8.28. The van der Waals surface area contributed by atoms with Crippen molar-refractivity contribution in [3.8, 4) is 0 Å². The van der Waals surface area contributed by atoms with Crippen molar-refractivity contribution in [1.82, 2.24) is 0 Å². The van der Waals surface area contributed by atoms with Crippen molar-refractivity contribution < 1.29 is 27.3 Å². The van der Waals surface area contributed by atoms with Gasteiger partial charge in [0.2, 0.25) is 0 Å². The van der Waals surface area contributed by atoms with Gasteiger partial charge in [0, 0.05) is 9.77 Å². The number of aryl methyl sites for hydroxylation is 1. The molecule has 0 aliphatic heterocycles. The van der Waals surface area contributed by atoms with Gasteiger partial charge in [-0.15, -0.1) is 17.4 Å². The van der Waals surface area contributed by atoms with Gasteiger partial charge in [0.05, 0.1) is 5.02 Å². The first kappa shape index (κ1) is 19.8. The molecule has 0 N–H and O–H groups in total. The first-order chi connectivity index (χ1) is 9.92. The van der Waals surface area contributed by atoms with Crippen LogP contribution in [0.25, 0.3) is 4.72 Å². The summed E-state index contributed by atoms with van der Waals surface area (Å²) in [4.78, 5) is 1.22. The van der Waals surface area contributed by atoms with Crippen molar-refractivity contribution in [1.29, 1.82) is 0 Å². The number of hydrogen-bond donors (Lipinski definition) is 0. The van der Waals surface area contributed by atoms with Crippen LogP contribution in [-0.4, -0.2) is 14.5 Å². The molecule has 1 atom stereocenters. The molecule has 0 aliphatic carbocycles. The SMILES string of the molecule is CCC(Cc1sccc1Cl)[N-]S(=O)(=O)c1ccc(C)cc1.[Li+]. The zero-order chi connectivity index (χ0) is 15.5. The second kappa shape index (κ2) is 8.54. The molecule has 0 saturated carbocycles. The summed E-state index contributed by atoms with van der Waals surface area (Å²) < 4.78 is 28.7. The van der Waals surface area contributed by atoms with Crippen LogP contribution in [0.4, 0.5) is 0 Å². The fourth-order valence-corrected chi connectivity index (χ4v) is 4.31. The van der Waals surface area contributed by atoms with E-state index in [1.165, 1.54) is 11.3 Å². The molecule has 2 aromatic rings. The summed E-state index contributed by atoms with van der Waals surface area (Å²) in [7, 11) is -3.62. The molecule has 2 rings (SSSR count). The van der Waals surface area contributed by atoms with E-state index in [2.05, 4.69) is 4.72 Å². The third-order valence-electron chi connectivity index (χ3n) is 3.19. The van der Waals surface area contributed by atoms with E-state index in [1.807, 2.05) is 25.3 Å². The topological polar surface area (TPSA) is 48.2 Å². The molecule has 0 bridgehead atoms. The van der Waals surface area contributed by atoms with Crippen LogP contribution in [0.1, 0.15) is 23.8 Å². The van der Waals surface area contributed by atoms with Crippen LogP contribution in [-0.2, 0) is 16.4 Å². The standard InChI is InChI=1S/C15H17ClNO2S2.Li/c1-3-12(10-15-14(16)8-9-20-15)17-21(18,19)13-6-4-11(2)5-7-13;/h4-9,12H,3,10H2,1-2H3;/q-1;+1. The number of halogens is 1. The maximum atomic E-state index is 12.3. The van der Waals surface area contributed by atoms with Crippen LogP contribution in [0.2, 0.25) is 5.02 Å². The molecule has 0 fully saturated rings. The van der Waals surface area contributed by atoms with Gasteiger partial charge in [-0.1, -0.05) is 42.6 Å². The van der Waals surface area contributed by atoms with E-state index in [-0.39, 0.29) is 29.8 Å². The first-order valence-corrected chi connectivity index (χ1v) is 9.38. The minimum absolute atomic E-state index is 0. The molecule has 114 valence electrons. The van der Waals surface area contributed by atoms with E-state index in [4.69, 9.17) is 11.6 Å². The molecule has 0 radical (unpaired) electrons. The summed E-state index contributed by atoms with van der Waals surface area (Å²) in [5, 5.41) is 2.58. The Kier molecular flexibility index (Phi) is 7.67. The summed E-state index contributed by atoms with van der Waals surface area (Å²) in [6.45, 7) is 3.85. The van der Waals surface area contributed by atoms with E-state index in [1.54, 1.807) is 24.3 Å². The van der Waals surface area contributed by atoms with Crippen LogP contribution in [0, 0.1) is 6.92 Å². The Hall–Kier alpha value is -0.283. The van der Waals surface area contributed by atoms with Crippen LogP contribution in [0.15, 0.2) is 40.6 Å². The van der Waals surface area contributed by atoms with Gasteiger partial charge in [0.25, 0.3) is 0 Å². The number of rotatable bonds is 6. The Balaban J connectivity index is 0.00000242. The van der Waals surface area contributed by atoms with Crippen molar-refractivity contribution in [3.05, 3.63) is 55.9 Å². The number of sulfonamides is 1. The number of hydrogen-bond acceptors (Lipinski definition) is 3. The van der Waals surface area contributed by atoms with Crippen LogP contribution < -0.4 is 18.9 Å². The smallest absolute Gasteiger partial charge is 0.542 e. The Morgan fingerprint density at radius 1 is 1.23 bits per heavy atom. The van der Waals surface area contributed by atoms with E-state index >= 15 is 0 Å². The largest absolute Gasteiger partial charge is 1.00 e. The molecule has 1 aromatic carbocycles. The number of thiophene rings is 1. The fourth-order valence-electron chi connectivity index (χ4n) is 1.91. The van der Waals surface area contributed by atoms with Crippen LogP contribution in [0.3, 0.4) is 0 Å². The van der Waals surface area contributed by atoms with Gasteiger partial charge in [-0.25, -0.2) is 8.42 Å². The minimum Gasteiger partial charge on any atom is -0.542 e. The Morgan fingerprint density at radius 3 is 2.36 bits per heavy atom. The van der Waals surface area contributed by atoms with Crippen LogP contribution >= 0.6 is 22.9 Å². The van der Waals surface area contributed by atoms with Crippen molar-refractivity contribution in [2.45, 2.75) is 37.6 Å². The monoisotopic (exact) mass is 349 g/mol. The van der Waals surface area contributed by atoms with E-state index in [0.29, 0.717) is 17.9 Å². The first-order valence-electron chi connectivity index (χ1n) is 6.68. The normalized spacial score (nSPS) is 12.7. The molecular weight excluding hydrogens is 333 g/mol. The quantitative estimate of drug-likeness (QED) is 0.747. The summed E-state index contributed by atoms with van der Waals surface area (Å²) in [6.07, 6.45) is 1.21. The third-order valence-corrected chi connectivity index (χ3v) is 6.04. The second-order valence-electron chi connectivity index (χ2n) is 4.85. The van der Waals surface area contributed by atoms with Gasteiger partial charge in [-0.3, -0.25) is 0 Å². The molecule has 0 amide bonds. The second-order valence-corrected chi connectivity index (χ2v) is 7.89. The summed E-state index contributed by atoms with van der Waals surface area (Å²) >= 11 is 7.60. The molecule has 0 spiro atoms. The van der Waals surface area contributed by atoms with Crippen molar-refractivity contribution in [2.24, 2.45) is 0 Å². The van der Waals surface area contributed by atoms with Gasteiger partial charge >= 0.3 is 18.9 Å². The maximum absolute atomic E-state index is 12.3. The molecule has 3 nitrogen and oxygen atoms in total. The van der Waals surface area contributed by atoms with Crippen molar-refractivity contribution in [2.75, 3.05) is 0 Å². The van der Waals surface area contributed by atoms with Gasteiger partial charge in [0.15, 0.2) is 0 Å². The minimum atomic E-state index is -3.62. The molecule has 0 aliphatic rings. The molecule has 22 heavy (non-hydrogen) atoms. The Morgan fingerprint density at radius 2 is 1.86 bits per heavy atom. The fraction of sp³-hybridized carbons (Fsp3) is 0.333. The Labute approximate surface area is 153 Å². The average molecular weight is 350 g/mol. The molecule has 1 aromatic heterocycles. The molecule has 7 heteroatoms.